The number of ether oxygens (including phenoxy) is 5. The van der Waals surface area contributed by atoms with Gasteiger partial charge in [-0.25, -0.2) is 0 Å². The van der Waals surface area contributed by atoms with Gasteiger partial charge in [-0.1, -0.05) is 32.9 Å². The third kappa shape index (κ3) is 11.2. The molecule has 0 saturated carbocycles. The fourth-order valence-electron chi connectivity index (χ4n) is 4.99. The SMILES string of the molecule is C/C=C/C[C@H](C)[C@@H](OC)[C@@H](C)[C@@H](C[C@H]1O[C@H](OC)[C@H](OS(C)(=O)=O)[C@H](OS(C)(=O)=O)[C@H]1CC)OCOC. The molecule has 9 atom stereocenters. The predicted molar refractivity (Wildman–Crippen MR) is 139 cm³/mol. The molecule has 0 aromatic carbocycles. The number of hydrogen-bond donors (Lipinski definition) is 0. The first-order valence-corrected chi connectivity index (χ1v) is 16.0. The third-order valence-electron chi connectivity index (χ3n) is 6.62. The average molecular weight is 575 g/mol. The fourth-order valence-corrected chi connectivity index (χ4v) is 6.25. The van der Waals surface area contributed by atoms with Crippen molar-refractivity contribution in [1.29, 1.82) is 0 Å². The van der Waals surface area contributed by atoms with Crippen LogP contribution in [0.3, 0.4) is 0 Å². The van der Waals surface area contributed by atoms with Crippen molar-refractivity contribution >= 4 is 20.2 Å². The van der Waals surface area contributed by atoms with E-state index in [2.05, 4.69) is 13.0 Å². The summed E-state index contributed by atoms with van der Waals surface area (Å²) in [5.74, 6) is -0.448. The molecule has 0 bridgehead atoms. The van der Waals surface area contributed by atoms with Crippen LogP contribution in [-0.4, -0.2) is 94.3 Å². The summed E-state index contributed by atoms with van der Waals surface area (Å²) in [6, 6.07) is 0. The molecule has 1 rings (SSSR count). The lowest BCUT2D eigenvalue weighted by atomic mass is 9.80. The van der Waals surface area contributed by atoms with Crippen LogP contribution in [0, 0.1) is 17.8 Å². The van der Waals surface area contributed by atoms with Gasteiger partial charge >= 0.3 is 0 Å². The van der Waals surface area contributed by atoms with Crippen molar-refractivity contribution in [3.05, 3.63) is 12.2 Å². The van der Waals surface area contributed by atoms with E-state index in [-0.39, 0.29) is 24.7 Å². The van der Waals surface area contributed by atoms with E-state index in [9.17, 15) is 16.8 Å². The first kappa shape index (κ1) is 34.4. The Kier molecular flexibility index (Phi) is 14.7. The van der Waals surface area contributed by atoms with Crippen LogP contribution in [0.25, 0.3) is 0 Å². The molecule has 0 spiro atoms. The van der Waals surface area contributed by atoms with E-state index in [1.165, 1.54) is 14.2 Å². The Labute approximate surface area is 223 Å². The van der Waals surface area contributed by atoms with Gasteiger partial charge in [0.2, 0.25) is 0 Å². The fraction of sp³-hybridized carbons (Fsp3) is 0.917. The minimum atomic E-state index is -3.98. The van der Waals surface area contributed by atoms with Crippen molar-refractivity contribution in [2.24, 2.45) is 17.8 Å². The van der Waals surface area contributed by atoms with Gasteiger partial charge in [-0.3, -0.25) is 8.37 Å². The van der Waals surface area contributed by atoms with Crippen molar-refractivity contribution in [3.63, 3.8) is 0 Å². The number of allylic oxidation sites excluding steroid dienone is 2. The van der Waals surface area contributed by atoms with Crippen molar-refractivity contribution in [3.8, 4) is 0 Å². The summed E-state index contributed by atoms with van der Waals surface area (Å²) in [6.45, 7) is 7.98. The lowest BCUT2D eigenvalue weighted by Crippen LogP contribution is -2.58. The minimum absolute atomic E-state index is 0.0367. The molecule has 11 nitrogen and oxygen atoms in total. The molecule has 1 saturated heterocycles. The van der Waals surface area contributed by atoms with Crippen LogP contribution < -0.4 is 0 Å². The quantitative estimate of drug-likeness (QED) is 0.144. The summed E-state index contributed by atoms with van der Waals surface area (Å²) in [5.41, 5.74) is 0. The van der Waals surface area contributed by atoms with Gasteiger partial charge in [0.15, 0.2) is 12.4 Å². The predicted octanol–water partition coefficient (Wildman–Crippen LogP) is 2.71. The van der Waals surface area contributed by atoms with Gasteiger partial charge in [0.05, 0.1) is 30.8 Å². The number of methoxy groups -OCH3 is 3. The molecule has 0 aromatic heterocycles. The Bertz CT molecular complexity index is 890. The van der Waals surface area contributed by atoms with E-state index in [1.54, 1.807) is 7.11 Å². The topological polar surface area (TPSA) is 133 Å². The Morgan fingerprint density at radius 3 is 2.03 bits per heavy atom. The highest BCUT2D eigenvalue weighted by atomic mass is 32.2. The molecule has 1 aliphatic heterocycles. The maximum Gasteiger partial charge on any atom is 0.264 e. The van der Waals surface area contributed by atoms with Crippen LogP contribution in [0.5, 0.6) is 0 Å². The van der Waals surface area contributed by atoms with Gasteiger partial charge in [0.25, 0.3) is 20.2 Å². The van der Waals surface area contributed by atoms with Gasteiger partial charge in [-0.15, -0.1) is 0 Å². The highest BCUT2D eigenvalue weighted by Gasteiger charge is 2.50. The Balaban J connectivity index is 3.38. The maximum absolute atomic E-state index is 12.2. The standard InChI is InChI=1S/C24H46O11S2/c1-10-12-13-16(3)21(30-6)17(4)19(32-15-29-5)14-20-18(11-2)22(34-36(8,25)26)23(24(31-7)33-20)35-37(9,27)28/h10,12,16-24H,11,13-15H2,1-9H3/b12-10+/t16-,17-,18-,19+,20+,21+,22+,23+,24-/m0/s1. The zero-order valence-corrected chi connectivity index (χ0v) is 25.1. The van der Waals surface area contributed by atoms with Gasteiger partial charge in [0.1, 0.15) is 12.9 Å². The third-order valence-corrected chi connectivity index (χ3v) is 7.77. The second kappa shape index (κ2) is 15.8. The summed E-state index contributed by atoms with van der Waals surface area (Å²) >= 11 is 0. The Morgan fingerprint density at radius 2 is 1.57 bits per heavy atom. The molecule has 0 aromatic rings. The first-order valence-electron chi connectivity index (χ1n) is 12.4. The Hall–Kier alpha value is -0.640. The molecular formula is C24H46O11S2. The smallest absolute Gasteiger partial charge is 0.264 e. The summed E-state index contributed by atoms with van der Waals surface area (Å²) in [7, 11) is -3.43. The van der Waals surface area contributed by atoms with Crippen LogP contribution in [-0.2, 0) is 52.3 Å². The molecule has 0 amide bonds. The minimum Gasteiger partial charge on any atom is -0.381 e. The van der Waals surface area contributed by atoms with Crippen LogP contribution in [0.4, 0.5) is 0 Å². The molecular weight excluding hydrogens is 528 g/mol. The van der Waals surface area contributed by atoms with Crippen molar-refractivity contribution < 1.29 is 48.9 Å². The summed E-state index contributed by atoms with van der Waals surface area (Å²) < 4.78 is 87.6. The second-order valence-corrected chi connectivity index (χ2v) is 12.8. The molecule has 13 heteroatoms. The van der Waals surface area contributed by atoms with Crippen molar-refractivity contribution in [1.82, 2.24) is 0 Å². The molecule has 0 radical (unpaired) electrons. The molecule has 0 unspecified atom stereocenters. The van der Waals surface area contributed by atoms with Gasteiger partial charge in [0, 0.05) is 39.6 Å². The van der Waals surface area contributed by atoms with Crippen molar-refractivity contribution in [2.75, 3.05) is 40.6 Å². The zero-order chi connectivity index (χ0) is 28.4. The van der Waals surface area contributed by atoms with Crippen LogP contribution in [0.2, 0.25) is 0 Å². The first-order chi connectivity index (χ1) is 17.2. The monoisotopic (exact) mass is 574 g/mol. The molecule has 1 heterocycles. The lowest BCUT2D eigenvalue weighted by molar-refractivity contribution is -0.273. The van der Waals surface area contributed by atoms with Crippen LogP contribution in [0.1, 0.15) is 47.0 Å². The molecule has 1 aliphatic rings. The molecule has 220 valence electrons. The van der Waals surface area contributed by atoms with E-state index in [4.69, 9.17) is 32.1 Å². The highest BCUT2D eigenvalue weighted by Crippen LogP contribution is 2.38. The van der Waals surface area contributed by atoms with Gasteiger partial charge < -0.3 is 23.7 Å². The highest BCUT2D eigenvalue weighted by molar-refractivity contribution is 7.86. The summed E-state index contributed by atoms with van der Waals surface area (Å²) in [5, 5.41) is 0. The maximum atomic E-state index is 12.2. The van der Waals surface area contributed by atoms with Crippen LogP contribution >= 0.6 is 0 Å². The summed E-state index contributed by atoms with van der Waals surface area (Å²) in [6.07, 6.45) is 2.61. The van der Waals surface area contributed by atoms with Crippen LogP contribution in [0.15, 0.2) is 12.2 Å². The molecule has 0 aliphatic carbocycles. The van der Waals surface area contributed by atoms with E-state index in [1.807, 2.05) is 26.8 Å². The normalized spacial score (nSPS) is 28.7. The Morgan fingerprint density at radius 1 is 0.973 bits per heavy atom. The van der Waals surface area contributed by atoms with Crippen molar-refractivity contribution in [2.45, 2.75) is 83.8 Å². The van der Waals surface area contributed by atoms with E-state index in [0.29, 0.717) is 12.8 Å². The average Bonchev–Trinajstić information content (AvgIpc) is 2.80. The molecule has 1 fully saturated rings. The zero-order valence-electron chi connectivity index (χ0n) is 23.5. The van der Waals surface area contributed by atoms with E-state index in [0.717, 1.165) is 18.9 Å². The van der Waals surface area contributed by atoms with E-state index < -0.39 is 56.9 Å². The number of rotatable bonds is 17. The lowest BCUT2D eigenvalue weighted by Gasteiger charge is -2.46. The number of hydrogen-bond acceptors (Lipinski definition) is 11. The second-order valence-electron chi connectivity index (χ2n) is 9.57. The van der Waals surface area contributed by atoms with Gasteiger partial charge in [-0.05, 0) is 25.7 Å². The summed E-state index contributed by atoms with van der Waals surface area (Å²) in [4.78, 5) is 0. The largest absolute Gasteiger partial charge is 0.381 e. The molecule has 37 heavy (non-hydrogen) atoms. The van der Waals surface area contributed by atoms with Gasteiger partial charge in [-0.2, -0.15) is 16.8 Å². The van der Waals surface area contributed by atoms with E-state index >= 15 is 0 Å². The molecule has 0 N–H and O–H groups in total.